The van der Waals surface area contributed by atoms with E-state index in [1.54, 1.807) is 12.3 Å². The first kappa shape index (κ1) is 8.96. The molecule has 0 saturated carbocycles. The van der Waals surface area contributed by atoms with Gasteiger partial charge in [-0.1, -0.05) is 12.2 Å². The molecule has 2 aliphatic heterocycles. The Bertz CT molecular complexity index is 557. The van der Waals surface area contributed by atoms with E-state index in [1.165, 1.54) is 0 Å². The highest BCUT2D eigenvalue weighted by Crippen LogP contribution is 2.31. The van der Waals surface area contributed by atoms with Crippen LogP contribution in [0.2, 0.25) is 0 Å². The van der Waals surface area contributed by atoms with Crippen molar-refractivity contribution in [3.8, 4) is 0 Å². The van der Waals surface area contributed by atoms with Crippen LogP contribution in [0.15, 0.2) is 40.8 Å². The van der Waals surface area contributed by atoms with Gasteiger partial charge in [0, 0.05) is 24.5 Å². The summed E-state index contributed by atoms with van der Waals surface area (Å²) in [5.74, 6) is 0.0837. The van der Waals surface area contributed by atoms with Crippen molar-refractivity contribution in [2.24, 2.45) is 10.2 Å². The number of pyridine rings is 1. The second-order valence-electron chi connectivity index (χ2n) is 3.47. The summed E-state index contributed by atoms with van der Waals surface area (Å²) in [6, 6.07) is 1.80. The van der Waals surface area contributed by atoms with Crippen molar-refractivity contribution >= 4 is 17.3 Å². The molecule has 3 rings (SSSR count). The molecule has 2 aliphatic rings. The van der Waals surface area contributed by atoms with Crippen LogP contribution in [0.4, 0.5) is 5.82 Å². The first-order valence-corrected chi connectivity index (χ1v) is 4.92. The number of hydrogen-bond acceptors (Lipinski definition) is 4. The molecule has 0 fully saturated rings. The highest BCUT2D eigenvalue weighted by atomic mass is 16.2. The quantitative estimate of drug-likeness (QED) is 0.772. The van der Waals surface area contributed by atoms with Gasteiger partial charge in [0.1, 0.15) is 0 Å². The number of hydrogen-bond donors (Lipinski definition) is 1. The molecule has 78 valence electrons. The zero-order valence-electron chi connectivity index (χ0n) is 8.34. The van der Waals surface area contributed by atoms with Gasteiger partial charge in [0.05, 0.1) is 5.56 Å². The summed E-state index contributed by atoms with van der Waals surface area (Å²) in [5.41, 5.74) is 2.26. The molecule has 0 unspecified atom stereocenters. The predicted molar refractivity (Wildman–Crippen MR) is 58.2 cm³/mol. The third-order valence-electron chi connectivity index (χ3n) is 2.48. The van der Waals surface area contributed by atoms with Gasteiger partial charge in [-0.05, 0) is 11.6 Å². The van der Waals surface area contributed by atoms with Crippen LogP contribution in [0.3, 0.4) is 0 Å². The number of amides is 1. The Kier molecular flexibility index (Phi) is 1.89. The molecule has 0 spiro atoms. The highest BCUT2D eigenvalue weighted by Gasteiger charge is 2.23. The molecule has 1 amide bonds. The summed E-state index contributed by atoms with van der Waals surface area (Å²) in [4.78, 5) is 15.6. The molecule has 0 aromatic carbocycles. The molecule has 1 N–H and O–H groups in total. The van der Waals surface area contributed by atoms with Crippen molar-refractivity contribution in [3.63, 3.8) is 0 Å². The molecular formula is C11H8N4O. The van der Waals surface area contributed by atoms with E-state index in [-0.39, 0.29) is 5.91 Å². The average Bonchev–Trinajstić information content (AvgIpc) is 2.73. The SMILES string of the molecule is O=C1N=Nc2nccc(C3=CNCC=C3)c21. The normalized spacial score (nSPS) is 17.0. The number of nitrogens with zero attached hydrogens (tertiary/aromatic N) is 3. The number of allylic oxidation sites excluding steroid dienone is 2. The number of rotatable bonds is 1. The summed E-state index contributed by atoms with van der Waals surface area (Å²) < 4.78 is 0. The van der Waals surface area contributed by atoms with E-state index in [2.05, 4.69) is 20.5 Å². The van der Waals surface area contributed by atoms with Crippen LogP contribution in [-0.2, 0) is 0 Å². The van der Waals surface area contributed by atoms with Gasteiger partial charge in [0.15, 0.2) is 5.82 Å². The van der Waals surface area contributed by atoms with Gasteiger partial charge in [-0.2, -0.15) is 0 Å². The third kappa shape index (κ3) is 1.25. The molecule has 0 bridgehead atoms. The van der Waals surface area contributed by atoms with E-state index in [0.29, 0.717) is 11.4 Å². The van der Waals surface area contributed by atoms with Crippen molar-refractivity contribution in [3.05, 3.63) is 41.7 Å². The maximum Gasteiger partial charge on any atom is 0.299 e. The fourth-order valence-electron chi connectivity index (χ4n) is 1.76. The molecule has 5 nitrogen and oxygen atoms in total. The lowest BCUT2D eigenvalue weighted by Gasteiger charge is -2.10. The molecular weight excluding hydrogens is 204 g/mol. The topological polar surface area (TPSA) is 66.7 Å². The fraction of sp³-hybridized carbons (Fsp3) is 0.0909. The van der Waals surface area contributed by atoms with Crippen LogP contribution >= 0.6 is 0 Å². The van der Waals surface area contributed by atoms with E-state index < -0.39 is 0 Å². The van der Waals surface area contributed by atoms with Crippen molar-refractivity contribution in [1.29, 1.82) is 0 Å². The number of fused-ring (bicyclic) bond motifs is 1. The van der Waals surface area contributed by atoms with Crippen LogP contribution in [0.25, 0.3) is 5.57 Å². The largest absolute Gasteiger partial charge is 0.387 e. The maximum atomic E-state index is 11.6. The number of carbonyl (C=O) groups excluding carboxylic acids is 1. The Hall–Kier alpha value is -2.30. The standard InChI is InChI=1S/C11H8N4O/c16-11-9-8(7-2-1-4-12-6-7)3-5-13-10(9)14-15-11/h1-3,5-6,12H,4H2. The maximum absolute atomic E-state index is 11.6. The number of azo groups is 1. The number of aromatic nitrogens is 1. The molecule has 3 heterocycles. The predicted octanol–water partition coefficient (Wildman–Crippen LogP) is 1.82. The first-order chi connectivity index (χ1) is 7.86. The number of carbonyl (C=O) groups is 1. The Labute approximate surface area is 91.6 Å². The van der Waals surface area contributed by atoms with Gasteiger partial charge in [0.25, 0.3) is 5.91 Å². The molecule has 1 aromatic heterocycles. The lowest BCUT2D eigenvalue weighted by molar-refractivity contribution is 0.100. The van der Waals surface area contributed by atoms with Gasteiger partial charge in [-0.3, -0.25) is 4.79 Å². The van der Waals surface area contributed by atoms with Crippen LogP contribution in [0, 0.1) is 0 Å². The summed E-state index contributed by atoms with van der Waals surface area (Å²) in [6.07, 6.45) is 7.48. The fourth-order valence-corrected chi connectivity index (χ4v) is 1.76. The van der Waals surface area contributed by atoms with E-state index in [4.69, 9.17) is 0 Å². The van der Waals surface area contributed by atoms with Crippen molar-refractivity contribution < 1.29 is 4.79 Å². The second-order valence-corrected chi connectivity index (χ2v) is 3.47. The van der Waals surface area contributed by atoms with Crippen molar-refractivity contribution in [1.82, 2.24) is 10.3 Å². The highest BCUT2D eigenvalue weighted by molar-refractivity contribution is 6.06. The average molecular weight is 212 g/mol. The lowest BCUT2D eigenvalue weighted by atomic mass is 10.0. The van der Waals surface area contributed by atoms with Crippen LogP contribution < -0.4 is 5.32 Å². The van der Waals surface area contributed by atoms with Gasteiger partial charge < -0.3 is 5.32 Å². The van der Waals surface area contributed by atoms with Gasteiger partial charge in [0.2, 0.25) is 0 Å². The second kappa shape index (κ2) is 3.37. The number of nitrogens with one attached hydrogen (secondary N) is 1. The van der Waals surface area contributed by atoms with E-state index in [9.17, 15) is 4.79 Å². The zero-order chi connectivity index (χ0) is 11.0. The smallest absolute Gasteiger partial charge is 0.299 e. The zero-order valence-corrected chi connectivity index (χ0v) is 8.34. The molecule has 0 saturated heterocycles. The molecule has 16 heavy (non-hydrogen) atoms. The van der Waals surface area contributed by atoms with Crippen LogP contribution in [0.5, 0.6) is 0 Å². The monoisotopic (exact) mass is 212 g/mol. The molecule has 1 aromatic rings. The number of dihydropyridines is 1. The third-order valence-corrected chi connectivity index (χ3v) is 2.48. The van der Waals surface area contributed by atoms with Gasteiger partial charge in [-0.25, -0.2) is 4.98 Å². The Morgan fingerprint density at radius 2 is 2.25 bits per heavy atom. The Morgan fingerprint density at radius 1 is 1.31 bits per heavy atom. The summed E-state index contributed by atoms with van der Waals surface area (Å²) in [7, 11) is 0. The molecule has 0 radical (unpaired) electrons. The minimum Gasteiger partial charge on any atom is -0.387 e. The molecule has 5 heteroatoms. The molecule has 0 atom stereocenters. The Balaban J connectivity index is 2.17. The summed E-state index contributed by atoms with van der Waals surface area (Å²) in [6.45, 7) is 0.805. The minimum absolute atomic E-state index is 0.321. The van der Waals surface area contributed by atoms with Gasteiger partial charge >= 0.3 is 0 Å². The summed E-state index contributed by atoms with van der Waals surface area (Å²) in [5, 5.41) is 10.3. The van der Waals surface area contributed by atoms with E-state index in [0.717, 1.165) is 17.7 Å². The minimum atomic E-state index is -0.321. The molecule has 0 aliphatic carbocycles. The van der Waals surface area contributed by atoms with Crippen molar-refractivity contribution in [2.45, 2.75) is 0 Å². The summed E-state index contributed by atoms with van der Waals surface area (Å²) >= 11 is 0. The van der Waals surface area contributed by atoms with Crippen LogP contribution in [-0.4, -0.2) is 17.4 Å². The van der Waals surface area contributed by atoms with E-state index >= 15 is 0 Å². The lowest BCUT2D eigenvalue weighted by Crippen LogP contribution is -2.10. The Morgan fingerprint density at radius 3 is 3.06 bits per heavy atom. The first-order valence-electron chi connectivity index (χ1n) is 4.92. The van der Waals surface area contributed by atoms with Gasteiger partial charge in [-0.15, -0.1) is 10.2 Å². The van der Waals surface area contributed by atoms with Crippen molar-refractivity contribution in [2.75, 3.05) is 6.54 Å². The van der Waals surface area contributed by atoms with E-state index in [1.807, 2.05) is 18.4 Å². The van der Waals surface area contributed by atoms with Crippen LogP contribution in [0.1, 0.15) is 15.9 Å².